The number of alkyl halides is 3. The van der Waals surface area contributed by atoms with Gasteiger partial charge in [0, 0.05) is 30.0 Å². The zero-order valence-corrected chi connectivity index (χ0v) is 12.5. The minimum atomic E-state index is -4.13. The molecule has 0 aromatic carbocycles. The molecule has 0 saturated carbocycles. The van der Waals surface area contributed by atoms with Gasteiger partial charge in [-0.25, -0.2) is 9.50 Å². The van der Waals surface area contributed by atoms with Crippen LogP contribution in [0.4, 0.5) is 13.2 Å². The highest BCUT2D eigenvalue weighted by atomic mass is 32.1. The lowest BCUT2D eigenvalue weighted by Crippen LogP contribution is -2.07. The second-order valence-corrected chi connectivity index (χ2v) is 5.22. The van der Waals surface area contributed by atoms with Crippen molar-refractivity contribution in [1.82, 2.24) is 14.6 Å². The lowest BCUT2D eigenvalue weighted by Gasteiger charge is -2.12. The summed E-state index contributed by atoms with van der Waals surface area (Å²) in [7, 11) is 0. The van der Waals surface area contributed by atoms with Gasteiger partial charge in [0.1, 0.15) is 0 Å². The molecule has 0 fully saturated rings. The van der Waals surface area contributed by atoms with Gasteiger partial charge >= 0.3 is 6.18 Å². The van der Waals surface area contributed by atoms with E-state index < -0.39 is 12.6 Å². The van der Waals surface area contributed by atoms with Crippen LogP contribution in [0.25, 0.3) is 11.2 Å². The number of hydrogen-bond acceptors (Lipinski definition) is 3. The Kier molecular flexibility index (Phi) is 4.61. The van der Waals surface area contributed by atoms with E-state index in [4.69, 9.17) is 0 Å². The van der Waals surface area contributed by atoms with Gasteiger partial charge in [-0.3, -0.25) is 0 Å². The average molecular weight is 315 g/mol. The number of fused-ring (bicyclic) bond motifs is 1. The first-order valence-electron chi connectivity index (χ1n) is 6.52. The Balaban J connectivity index is 2.22. The highest BCUT2D eigenvalue weighted by Gasteiger charge is 2.26. The van der Waals surface area contributed by atoms with Gasteiger partial charge in [0.05, 0.1) is 11.4 Å². The highest BCUT2D eigenvalue weighted by molar-refractivity contribution is 7.79. The van der Waals surface area contributed by atoms with Crippen LogP contribution < -0.4 is 0 Å². The van der Waals surface area contributed by atoms with E-state index in [0.29, 0.717) is 17.0 Å². The normalized spacial score (nSPS) is 12.0. The number of thiol groups is 1. The topological polar surface area (TPSA) is 30.2 Å². The molecular weight excluding hydrogens is 299 g/mol. The van der Waals surface area contributed by atoms with Crippen LogP contribution in [0, 0.1) is 6.92 Å². The maximum absolute atomic E-state index is 12.2. The van der Waals surface area contributed by atoms with Gasteiger partial charge in [-0.15, -0.1) is 0 Å². The van der Waals surface area contributed by atoms with Crippen LogP contribution >= 0.6 is 12.6 Å². The monoisotopic (exact) mass is 315 g/mol. The Labute approximate surface area is 126 Å². The molecule has 0 spiro atoms. The first kappa shape index (κ1) is 15.9. The predicted octanol–water partition coefficient (Wildman–Crippen LogP) is 4.21. The van der Waals surface area contributed by atoms with Gasteiger partial charge in [-0.2, -0.15) is 30.9 Å². The summed E-state index contributed by atoms with van der Waals surface area (Å²) >= 11 is 4.29. The molecule has 21 heavy (non-hydrogen) atoms. The van der Waals surface area contributed by atoms with Gasteiger partial charge in [0.25, 0.3) is 0 Å². The number of aromatic nitrogens is 3. The van der Waals surface area contributed by atoms with Crippen molar-refractivity contribution < 1.29 is 13.2 Å². The van der Waals surface area contributed by atoms with E-state index in [9.17, 15) is 13.2 Å². The van der Waals surface area contributed by atoms with Crippen molar-refractivity contribution in [2.24, 2.45) is 0 Å². The molecule has 2 aromatic rings. The largest absolute Gasteiger partial charge is 0.389 e. The fourth-order valence-electron chi connectivity index (χ4n) is 2.18. The van der Waals surface area contributed by atoms with Crippen LogP contribution in [0.2, 0.25) is 0 Å². The van der Waals surface area contributed by atoms with Gasteiger partial charge in [0.2, 0.25) is 0 Å². The highest BCUT2D eigenvalue weighted by Crippen LogP contribution is 2.28. The Hall–Kier alpha value is -1.50. The molecule has 0 aliphatic carbocycles. The summed E-state index contributed by atoms with van der Waals surface area (Å²) in [6.45, 7) is 5.74. The quantitative estimate of drug-likeness (QED) is 0.838. The van der Waals surface area contributed by atoms with Crippen LogP contribution in [-0.4, -0.2) is 20.8 Å². The Morgan fingerprint density at radius 1 is 1.43 bits per heavy atom. The lowest BCUT2D eigenvalue weighted by molar-refractivity contribution is -0.135. The van der Waals surface area contributed by atoms with Crippen molar-refractivity contribution in [2.45, 2.75) is 38.1 Å². The summed E-state index contributed by atoms with van der Waals surface area (Å²) in [5.74, 6) is 0.410. The van der Waals surface area contributed by atoms with E-state index in [0.717, 1.165) is 17.0 Å². The minimum absolute atomic E-state index is 0.0184. The molecule has 0 aliphatic rings. The molecule has 0 amide bonds. The third-order valence-corrected chi connectivity index (χ3v) is 3.47. The molecule has 0 atom stereocenters. The number of halogens is 3. The SMILES string of the molecule is C=C(CCCC(F)(F)F)c1cnc2cc(C)nn2c1CS. The maximum atomic E-state index is 12.2. The number of hydrogen-bond donors (Lipinski definition) is 1. The summed E-state index contributed by atoms with van der Waals surface area (Å²) < 4.78 is 38.3. The zero-order valence-electron chi connectivity index (χ0n) is 11.6. The molecule has 0 radical (unpaired) electrons. The predicted molar refractivity (Wildman–Crippen MR) is 79.4 cm³/mol. The van der Waals surface area contributed by atoms with Crippen molar-refractivity contribution >= 4 is 23.8 Å². The molecule has 0 unspecified atom stereocenters. The van der Waals surface area contributed by atoms with Crippen molar-refractivity contribution in [1.29, 1.82) is 0 Å². The molecule has 0 N–H and O–H groups in total. The minimum Gasteiger partial charge on any atom is -0.236 e. The smallest absolute Gasteiger partial charge is 0.236 e. The van der Waals surface area contributed by atoms with Gasteiger partial charge < -0.3 is 0 Å². The first-order chi connectivity index (χ1) is 9.81. The third-order valence-electron chi connectivity index (χ3n) is 3.17. The summed E-state index contributed by atoms with van der Waals surface area (Å²) in [6, 6.07) is 1.84. The van der Waals surface area contributed by atoms with Gasteiger partial charge in [-0.1, -0.05) is 6.58 Å². The second-order valence-electron chi connectivity index (χ2n) is 4.90. The standard InChI is InChI=1S/C14H16F3N3S/c1-9(4-3-5-14(15,16)17)11-7-18-13-6-10(2)19-20(13)12(11)8-21/h6-7,21H,1,3-5,8H2,2H3. The summed E-state index contributed by atoms with van der Waals surface area (Å²) in [5, 5.41) is 4.33. The third kappa shape index (κ3) is 3.78. The van der Waals surface area contributed by atoms with E-state index in [1.165, 1.54) is 0 Å². The van der Waals surface area contributed by atoms with E-state index in [1.54, 1.807) is 10.7 Å². The molecular formula is C14H16F3N3S. The second kappa shape index (κ2) is 6.09. The van der Waals surface area contributed by atoms with Gasteiger partial charge in [0.15, 0.2) is 5.65 Å². The summed E-state index contributed by atoms with van der Waals surface area (Å²) in [4.78, 5) is 4.27. The molecule has 2 aromatic heterocycles. The molecule has 2 rings (SSSR count). The fraction of sp³-hybridized carbons (Fsp3) is 0.429. The van der Waals surface area contributed by atoms with Crippen molar-refractivity contribution in [3.63, 3.8) is 0 Å². The molecule has 7 heteroatoms. The van der Waals surface area contributed by atoms with E-state index >= 15 is 0 Å². The van der Waals surface area contributed by atoms with Crippen LogP contribution in [0.15, 0.2) is 18.8 Å². The van der Waals surface area contributed by atoms with Crippen molar-refractivity contribution in [2.75, 3.05) is 0 Å². The van der Waals surface area contributed by atoms with Crippen LogP contribution in [0.3, 0.4) is 0 Å². The van der Waals surface area contributed by atoms with E-state index in [-0.39, 0.29) is 12.8 Å². The Morgan fingerprint density at radius 2 is 2.14 bits per heavy atom. The molecule has 2 heterocycles. The number of allylic oxidation sites excluding steroid dienone is 1. The Morgan fingerprint density at radius 3 is 2.76 bits per heavy atom. The van der Waals surface area contributed by atoms with Gasteiger partial charge in [-0.05, 0) is 25.3 Å². The summed E-state index contributed by atoms with van der Waals surface area (Å²) in [6.07, 6.45) is -3.01. The molecule has 0 aliphatic heterocycles. The number of aryl methyl sites for hydroxylation is 1. The fourth-order valence-corrected chi connectivity index (χ4v) is 2.48. The first-order valence-corrected chi connectivity index (χ1v) is 7.15. The van der Waals surface area contributed by atoms with Crippen molar-refractivity contribution in [3.8, 4) is 0 Å². The zero-order chi connectivity index (χ0) is 15.6. The van der Waals surface area contributed by atoms with E-state index in [2.05, 4.69) is 29.3 Å². The lowest BCUT2D eigenvalue weighted by atomic mass is 10.0. The molecule has 0 saturated heterocycles. The molecule has 114 valence electrons. The molecule has 3 nitrogen and oxygen atoms in total. The van der Waals surface area contributed by atoms with Crippen molar-refractivity contribution in [3.05, 3.63) is 35.8 Å². The summed E-state index contributed by atoms with van der Waals surface area (Å²) in [5.41, 5.74) is 3.68. The number of rotatable bonds is 5. The average Bonchev–Trinajstić information content (AvgIpc) is 2.75. The van der Waals surface area contributed by atoms with Crippen LogP contribution in [0.1, 0.15) is 36.2 Å². The number of nitrogens with zero attached hydrogens (tertiary/aromatic N) is 3. The molecule has 0 bridgehead atoms. The maximum Gasteiger partial charge on any atom is 0.389 e. The van der Waals surface area contributed by atoms with Crippen LogP contribution in [0.5, 0.6) is 0 Å². The van der Waals surface area contributed by atoms with E-state index in [1.807, 2.05) is 13.0 Å². The Bertz CT molecular complexity index is 661. The van der Waals surface area contributed by atoms with Crippen LogP contribution in [-0.2, 0) is 5.75 Å².